The molecule has 2 aromatic rings. The topological polar surface area (TPSA) is 73.1 Å². The lowest BCUT2D eigenvalue weighted by Crippen LogP contribution is -2.16. The molecule has 0 unspecified atom stereocenters. The summed E-state index contributed by atoms with van der Waals surface area (Å²) >= 11 is 0. The fourth-order valence-electron chi connectivity index (χ4n) is 1.78. The van der Waals surface area contributed by atoms with Crippen molar-refractivity contribution in [3.8, 4) is 5.75 Å². The third-order valence-electron chi connectivity index (χ3n) is 2.73. The Hall–Kier alpha value is -2.60. The summed E-state index contributed by atoms with van der Waals surface area (Å²) < 4.78 is 15.3. The quantitative estimate of drug-likeness (QED) is 0.653. The van der Waals surface area contributed by atoms with Crippen LogP contribution in [0.5, 0.6) is 5.75 Å². The molecule has 0 aliphatic heterocycles. The normalized spacial score (nSPS) is 10.8. The van der Waals surface area contributed by atoms with Crippen molar-refractivity contribution >= 4 is 12.1 Å². The molecular formula is C15H16N2O4. The number of nitrogens with zero attached hydrogens (tertiary/aromatic N) is 1. The fraction of sp³-hybridized carbons (Fsp3) is 0.200. The van der Waals surface area contributed by atoms with Crippen LogP contribution in [-0.4, -0.2) is 26.3 Å². The summed E-state index contributed by atoms with van der Waals surface area (Å²) in [4.78, 5) is 11.6. The highest BCUT2D eigenvalue weighted by Crippen LogP contribution is 2.19. The summed E-state index contributed by atoms with van der Waals surface area (Å²) in [6.45, 7) is 0.434. The van der Waals surface area contributed by atoms with E-state index in [2.05, 4.69) is 10.5 Å². The second-order valence-electron chi connectivity index (χ2n) is 4.18. The smallest absolute Gasteiger partial charge is 0.307 e. The first-order chi connectivity index (χ1) is 10.2. The number of hydrogen-bond acceptors (Lipinski definition) is 5. The van der Waals surface area contributed by atoms with Gasteiger partial charge in [0, 0.05) is 12.7 Å². The van der Waals surface area contributed by atoms with E-state index in [1.165, 1.54) is 6.26 Å². The number of carbonyl (C=O) groups is 1. The van der Waals surface area contributed by atoms with Crippen LogP contribution in [0.25, 0.3) is 0 Å². The highest BCUT2D eigenvalue weighted by atomic mass is 16.5. The third-order valence-corrected chi connectivity index (χ3v) is 2.73. The van der Waals surface area contributed by atoms with Crippen LogP contribution in [0, 0.1) is 0 Å². The summed E-state index contributed by atoms with van der Waals surface area (Å²) in [5, 5.41) is 3.89. The molecule has 0 aliphatic carbocycles. The number of benzene rings is 1. The molecule has 6 nitrogen and oxygen atoms in total. The van der Waals surface area contributed by atoms with E-state index in [4.69, 9.17) is 13.9 Å². The maximum Gasteiger partial charge on any atom is 0.307 e. The van der Waals surface area contributed by atoms with Crippen molar-refractivity contribution in [2.45, 2.75) is 6.61 Å². The first-order valence-corrected chi connectivity index (χ1v) is 6.27. The van der Waals surface area contributed by atoms with Crippen LogP contribution in [0.3, 0.4) is 0 Å². The maximum absolute atomic E-state index is 11.6. The van der Waals surface area contributed by atoms with Gasteiger partial charge in [-0.2, -0.15) is 5.10 Å². The van der Waals surface area contributed by atoms with Crippen molar-refractivity contribution in [2.75, 3.05) is 14.2 Å². The first-order valence-electron chi connectivity index (χ1n) is 6.27. The molecule has 110 valence electrons. The Morgan fingerprint density at radius 3 is 2.90 bits per heavy atom. The van der Waals surface area contributed by atoms with E-state index in [-0.39, 0.29) is 5.76 Å². The van der Waals surface area contributed by atoms with Gasteiger partial charge in [0.15, 0.2) is 5.76 Å². The summed E-state index contributed by atoms with van der Waals surface area (Å²) in [5.74, 6) is 0.553. The molecule has 0 radical (unpaired) electrons. The second kappa shape index (κ2) is 7.25. The van der Waals surface area contributed by atoms with Crippen molar-refractivity contribution in [2.24, 2.45) is 5.10 Å². The molecule has 0 atom stereocenters. The third kappa shape index (κ3) is 3.93. The summed E-state index contributed by atoms with van der Waals surface area (Å²) in [7, 11) is 3.22. The van der Waals surface area contributed by atoms with Crippen LogP contribution >= 0.6 is 0 Å². The van der Waals surface area contributed by atoms with Gasteiger partial charge < -0.3 is 13.9 Å². The largest absolute Gasteiger partial charge is 0.496 e. The number of hydrogen-bond donors (Lipinski definition) is 1. The lowest BCUT2D eigenvalue weighted by molar-refractivity contribution is 0.0927. The van der Waals surface area contributed by atoms with Gasteiger partial charge in [-0.3, -0.25) is 4.79 Å². The molecule has 0 saturated heterocycles. The number of rotatable bonds is 6. The van der Waals surface area contributed by atoms with E-state index in [1.54, 1.807) is 32.6 Å². The van der Waals surface area contributed by atoms with E-state index in [0.717, 1.165) is 16.9 Å². The number of hydrazone groups is 1. The Morgan fingerprint density at radius 1 is 1.38 bits per heavy atom. The molecule has 1 aromatic carbocycles. The molecule has 1 amide bonds. The van der Waals surface area contributed by atoms with Gasteiger partial charge in [-0.25, -0.2) is 5.43 Å². The second-order valence-corrected chi connectivity index (χ2v) is 4.18. The zero-order chi connectivity index (χ0) is 15.1. The number of carbonyl (C=O) groups excluding carboxylic acids is 1. The van der Waals surface area contributed by atoms with Gasteiger partial charge in [0.25, 0.3) is 0 Å². The number of furan rings is 1. The van der Waals surface area contributed by atoms with E-state index in [1.807, 2.05) is 18.2 Å². The average Bonchev–Trinajstić information content (AvgIpc) is 3.02. The van der Waals surface area contributed by atoms with Crippen molar-refractivity contribution in [1.82, 2.24) is 5.43 Å². The summed E-state index contributed by atoms with van der Waals surface area (Å²) in [6, 6.07) is 8.74. The van der Waals surface area contributed by atoms with E-state index < -0.39 is 5.91 Å². The van der Waals surface area contributed by atoms with Gasteiger partial charge in [0.05, 0.1) is 26.2 Å². The SMILES string of the molecule is COCc1cc(/C=N/NC(=O)c2ccco2)ccc1OC. The summed E-state index contributed by atoms with van der Waals surface area (Å²) in [6.07, 6.45) is 2.97. The van der Waals surface area contributed by atoms with Gasteiger partial charge in [-0.1, -0.05) is 0 Å². The van der Waals surface area contributed by atoms with Gasteiger partial charge in [0.1, 0.15) is 5.75 Å². The molecule has 6 heteroatoms. The summed E-state index contributed by atoms with van der Waals surface area (Å²) in [5.41, 5.74) is 4.11. The van der Waals surface area contributed by atoms with E-state index >= 15 is 0 Å². The fourth-order valence-corrected chi connectivity index (χ4v) is 1.78. The Kier molecular flexibility index (Phi) is 5.11. The predicted octanol–water partition coefficient (Wildman–Crippen LogP) is 2.20. The van der Waals surface area contributed by atoms with Crippen LogP contribution in [0.1, 0.15) is 21.7 Å². The van der Waals surface area contributed by atoms with Gasteiger partial charge in [-0.05, 0) is 35.9 Å². The molecule has 21 heavy (non-hydrogen) atoms. The Balaban J connectivity index is 2.03. The van der Waals surface area contributed by atoms with Crippen LogP contribution in [0.2, 0.25) is 0 Å². The standard InChI is InChI=1S/C15H16N2O4/c1-19-10-12-8-11(5-6-13(12)20-2)9-16-17-15(18)14-4-3-7-21-14/h3-9H,10H2,1-2H3,(H,17,18)/b16-9+. The van der Waals surface area contributed by atoms with Crippen LogP contribution in [-0.2, 0) is 11.3 Å². The van der Waals surface area contributed by atoms with Gasteiger partial charge in [0.2, 0.25) is 0 Å². The highest BCUT2D eigenvalue weighted by molar-refractivity contribution is 5.92. The maximum atomic E-state index is 11.6. The van der Waals surface area contributed by atoms with Gasteiger partial charge in [-0.15, -0.1) is 0 Å². The molecular weight excluding hydrogens is 272 g/mol. The molecule has 1 N–H and O–H groups in total. The highest BCUT2D eigenvalue weighted by Gasteiger charge is 2.06. The Labute approximate surface area is 122 Å². The Bertz CT molecular complexity index is 621. The molecule has 1 aromatic heterocycles. The van der Waals surface area contributed by atoms with E-state index in [9.17, 15) is 4.79 Å². The number of amides is 1. The molecule has 1 heterocycles. The van der Waals surface area contributed by atoms with E-state index in [0.29, 0.717) is 6.61 Å². The molecule has 0 bridgehead atoms. The van der Waals surface area contributed by atoms with Crippen LogP contribution in [0.4, 0.5) is 0 Å². The monoisotopic (exact) mass is 288 g/mol. The van der Waals surface area contributed by atoms with Crippen molar-refractivity contribution in [1.29, 1.82) is 0 Å². The minimum Gasteiger partial charge on any atom is -0.496 e. The Morgan fingerprint density at radius 2 is 2.24 bits per heavy atom. The number of methoxy groups -OCH3 is 2. The molecule has 0 spiro atoms. The number of ether oxygens (including phenoxy) is 2. The number of nitrogens with one attached hydrogen (secondary N) is 1. The average molecular weight is 288 g/mol. The minimum atomic E-state index is -0.401. The molecule has 2 rings (SSSR count). The zero-order valence-electron chi connectivity index (χ0n) is 11.8. The van der Waals surface area contributed by atoms with Gasteiger partial charge >= 0.3 is 5.91 Å². The predicted molar refractivity (Wildman–Crippen MR) is 77.5 cm³/mol. The van der Waals surface area contributed by atoms with Crippen LogP contribution in [0.15, 0.2) is 46.1 Å². The zero-order valence-corrected chi connectivity index (χ0v) is 11.8. The van der Waals surface area contributed by atoms with Crippen molar-refractivity contribution in [3.63, 3.8) is 0 Å². The van der Waals surface area contributed by atoms with Crippen molar-refractivity contribution < 1.29 is 18.7 Å². The molecule has 0 aliphatic rings. The lowest BCUT2D eigenvalue weighted by Gasteiger charge is -2.08. The van der Waals surface area contributed by atoms with Crippen molar-refractivity contribution in [3.05, 3.63) is 53.5 Å². The minimum absolute atomic E-state index is 0.210. The lowest BCUT2D eigenvalue weighted by atomic mass is 10.1. The van der Waals surface area contributed by atoms with Crippen LogP contribution < -0.4 is 10.2 Å². The molecule has 0 fully saturated rings. The molecule has 0 saturated carbocycles. The first kappa shape index (κ1) is 14.8.